The predicted molar refractivity (Wildman–Crippen MR) is 50.9 cm³/mol. The lowest BCUT2D eigenvalue weighted by atomic mass is 10.4. The van der Waals surface area contributed by atoms with Gasteiger partial charge in [-0.15, -0.1) is 0 Å². The van der Waals surface area contributed by atoms with Gasteiger partial charge in [-0.3, -0.25) is 0 Å². The number of hydrogen-bond acceptors (Lipinski definition) is 4. The largest absolute Gasteiger partial charge is 0.461 e. The van der Waals surface area contributed by atoms with Crippen LogP contribution in [-0.4, -0.2) is 22.5 Å². The maximum absolute atomic E-state index is 11.3. The van der Waals surface area contributed by atoms with E-state index in [0.29, 0.717) is 12.5 Å². The first-order valence-electron chi connectivity index (χ1n) is 4.75. The van der Waals surface area contributed by atoms with E-state index in [1.54, 1.807) is 6.92 Å². The second-order valence-electron chi connectivity index (χ2n) is 3.38. The van der Waals surface area contributed by atoms with Gasteiger partial charge < -0.3 is 15.5 Å². The molecule has 3 N–H and O–H groups in total. The van der Waals surface area contributed by atoms with Crippen molar-refractivity contribution in [2.24, 2.45) is 0 Å². The van der Waals surface area contributed by atoms with E-state index >= 15 is 0 Å². The molecule has 5 nitrogen and oxygen atoms in total. The lowest BCUT2D eigenvalue weighted by Crippen LogP contribution is -2.07. The van der Waals surface area contributed by atoms with Crippen LogP contribution in [0.4, 0.5) is 5.82 Å². The van der Waals surface area contributed by atoms with Gasteiger partial charge in [-0.25, -0.2) is 9.78 Å². The molecule has 14 heavy (non-hydrogen) atoms. The minimum absolute atomic E-state index is 0.241. The van der Waals surface area contributed by atoms with Crippen molar-refractivity contribution in [3.63, 3.8) is 0 Å². The fourth-order valence-electron chi connectivity index (χ4n) is 1.31. The highest BCUT2D eigenvalue weighted by molar-refractivity contribution is 5.92. The zero-order valence-corrected chi connectivity index (χ0v) is 8.04. The van der Waals surface area contributed by atoms with Crippen LogP contribution < -0.4 is 5.73 Å². The Labute approximate surface area is 81.7 Å². The van der Waals surface area contributed by atoms with E-state index in [1.807, 2.05) is 0 Å². The van der Waals surface area contributed by atoms with Gasteiger partial charge in [-0.2, -0.15) is 0 Å². The summed E-state index contributed by atoms with van der Waals surface area (Å²) in [4.78, 5) is 18.4. The van der Waals surface area contributed by atoms with Gasteiger partial charge in [0.1, 0.15) is 5.82 Å². The number of hydrogen-bond donors (Lipinski definition) is 2. The van der Waals surface area contributed by atoms with Gasteiger partial charge in [0.15, 0.2) is 11.5 Å². The van der Waals surface area contributed by atoms with Crippen LogP contribution in [0, 0.1) is 0 Å². The van der Waals surface area contributed by atoms with E-state index in [9.17, 15) is 4.79 Å². The van der Waals surface area contributed by atoms with E-state index in [0.717, 1.165) is 18.7 Å². The van der Waals surface area contributed by atoms with E-state index in [-0.39, 0.29) is 11.5 Å². The summed E-state index contributed by atoms with van der Waals surface area (Å²) in [7, 11) is 0. The topological polar surface area (TPSA) is 81.0 Å². The number of rotatable bonds is 3. The molecule has 0 atom stereocenters. The summed E-state index contributed by atoms with van der Waals surface area (Å²) in [5.74, 6) is 1.08. The molecular weight excluding hydrogens is 182 g/mol. The van der Waals surface area contributed by atoms with Crippen molar-refractivity contribution in [3.05, 3.63) is 11.5 Å². The number of carbonyl (C=O) groups excluding carboxylic acids is 1. The molecule has 0 aromatic carbocycles. The van der Waals surface area contributed by atoms with Gasteiger partial charge in [0.05, 0.1) is 6.61 Å². The van der Waals surface area contributed by atoms with Gasteiger partial charge in [0.2, 0.25) is 0 Å². The van der Waals surface area contributed by atoms with Crippen molar-refractivity contribution in [2.75, 3.05) is 12.3 Å². The fourth-order valence-corrected chi connectivity index (χ4v) is 1.31. The number of nitrogen functional groups attached to an aromatic ring is 1. The number of ether oxygens (including phenoxy) is 1. The van der Waals surface area contributed by atoms with Gasteiger partial charge >= 0.3 is 5.97 Å². The molecule has 0 unspecified atom stereocenters. The number of esters is 1. The van der Waals surface area contributed by atoms with E-state index in [1.165, 1.54) is 0 Å². The molecule has 2 rings (SSSR count). The summed E-state index contributed by atoms with van der Waals surface area (Å²) in [5.41, 5.74) is 5.88. The normalized spacial score (nSPS) is 15.5. The van der Waals surface area contributed by atoms with Gasteiger partial charge in [-0.05, 0) is 19.8 Å². The minimum Gasteiger partial charge on any atom is -0.461 e. The Morgan fingerprint density at radius 3 is 3.00 bits per heavy atom. The highest BCUT2D eigenvalue weighted by atomic mass is 16.5. The molecule has 1 aliphatic carbocycles. The number of nitrogens with one attached hydrogen (secondary N) is 1. The lowest BCUT2D eigenvalue weighted by Gasteiger charge is -1.98. The molecule has 1 aromatic heterocycles. The van der Waals surface area contributed by atoms with E-state index < -0.39 is 5.97 Å². The summed E-state index contributed by atoms with van der Waals surface area (Å²) in [6.45, 7) is 2.10. The molecule has 0 aliphatic heterocycles. The molecule has 1 aliphatic rings. The summed E-state index contributed by atoms with van der Waals surface area (Å²) >= 11 is 0. The second-order valence-corrected chi connectivity index (χ2v) is 3.38. The van der Waals surface area contributed by atoms with E-state index in [4.69, 9.17) is 10.5 Å². The molecule has 0 radical (unpaired) electrons. The molecule has 5 heteroatoms. The Morgan fingerprint density at radius 1 is 1.71 bits per heavy atom. The van der Waals surface area contributed by atoms with Crippen LogP contribution in [0.15, 0.2) is 0 Å². The number of nitrogens with two attached hydrogens (primary N) is 1. The van der Waals surface area contributed by atoms with Gasteiger partial charge in [0, 0.05) is 5.92 Å². The molecule has 0 spiro atoms. The van der Waals surface area contributed by atoms with Gasteiger partial charge in [-0.1, -0.05) is 0 Å². The van der Waals surface area contributed by atoms with Crippen LogP contribution in [0.5, 0.6) is 0 Å². The average molecular weight is 195 g/mol. The average Bonchev–Trinajstić information content (AvgIpc) is 2.91. The molecule has 1 saturated carbocycles. The number of anilines is 1. The monoisotopic (exact) mass is 195 g/mol. The highest BCUT2D eigenvalue weighted by Gasteiger charge is 2.29. The van der Waals surface area contributed by atoms with Crippen molar-refractivity contribution in [2.45, 2.75) is 25.7 Å². The van der Waals surface area contributed by atoms with Crippen LogP contribution in [0.3, 0.4) is 0 Å². The van der Waals surface area contributed by atoms with Gasteiger partial charge in [0.25, 0.3) is 0 Å². The van der Waals surface area contributed by atoms with Crippen molar-refractivity contribution >= 4 is 11.8 Å². The molecular formula is C9H13N3O2. The Morgan fingerprint density at radius 2 is 2.43 bits per heavy atom. The number of carbonyl (C=O) groups is 1. The Bertz CT molecular complexity index is 355. The van der Waals surface area contributed by atoms with Crippen molar-refractivity contribution in [1.29, 1.82) is 0 Å². The molecule has 0 bridgehead atoms. The number of imidazole rings is 1. The standard InChI is InChI=1S/C9H13N3O2/c1-2-14-9(13)6-7(10)12-8(11-6)5-3-4-5/h5H,2-4,10H2,1H3,(H,11,12). The third-order valence-electron chi connectivity index (χ3n) is 2.19. The molecule has 0 saturated heterocycles. The smallest absolute Gasteiger partial charge is 0.358 e. The van der Waals surface area contributed by atoms with Crippen LogP contribution in [0.1, 0.15) is 42.0 Å². The minimum atomic E-state index is -0.426. The molecule has 1 fully saturated rings. The number of aromatic amines is 1. The number of nitrogens with zero attached hydrogens (tertiary/aromatic N) is 1. The fraction of sp³-hybridized carbons (Fsp3) is 0.556. The second kappa shape index (κ2) is 3.32. The lowest BCUT2D eigenvalue weighted by molar-refractivity contribution is 0.0521. The highest BCUT2D eigenvalue weighted by Crippen LogP contribution is 2.38. The van der Waals surface area contributed by atoms with Crippen LogP contribution in [0.25, 0.3) is 0 Å². The third kappa shape index (κ3) is 1.57. The third-order valence-corrected chi connectivity index (χ3v) is 2.19. The van der Waals surface area contributed by atoms with Crippen LogP contribution in [-0.2, 0) is 4.74 Å². The zero-order valence-electron chi connectivity index (χ0n) is 8.04. The SMILES string of the molecule is CCOC(=O)c1[nH]c(C2CC2)nc1N. The van der Waals surface area contributed by atoms with Crippen LogP contribution in [0.2, 0.25) is 0 Å². The van der Waals surface area contributed by atoms with Crippen molar-refractivity contribution < 1.29 is 9.53 Å². The molecule has 1 aromatic rings. The van der Waals surface area contributed by atoms with Crippen molar-refractivity contribution in [1.82, 2.24) is 9.97 Å². The summed E-state index contributed by atoms with van der Waals surface area (Å²) < 4.78 is 4.83. The summed E-state index contributed by atoms with van der Waals surface area (Å²) in [6.07, 6.45) is 2.24. The predicted octanol–water partition coefficient (Wildman–Crippen LogP) is 1.05. The quantitative estimate of drug-likeness (QED) is 0.706. The molecule has 0 amide bonds. The zero-order chi connectivity index (χ0) is 10.1. The Kier molecular flexibility index (Phi) is 2.15. The van der Waals surface area contributed by atoms with Crippen LogP contribution >= 0.6 is 0 Å². The summed E-state index contributed by atoms with van der Waals surface area (Å²) in [6, 6.07) is 0. The Hall–Kier alpha value is -1.52. The van der Waals surface area contributed by atoms with Crippen molar-refractivity contribution in [3.8, 4) is 0 Å². The Balaban J connectivity index is 2.19. The molecule has 76 valence electrons. The first kappa shape index (κ1) is 9.05. The number of aromatic nitrogens is 2. The van der Waals surface area contributed by atoms with E-state index in [2.05, 4.69) is 9.97 Å². The maximum atomic E-state index is 11.3. The maximum Gasteiger partial charge on any atom is 0.358 e. The summed E-state index contributed by atoms with van der Waals surface area (Å²) in [5, 5.41) is 0. The molecule has 1 heterocycles. The first-order valence-corrected chi connectivity index (χ1v) is 4.75. The first-order chi connectivity index (χ1) is 6.72. The number of H-pyrrole nitrogens is 1.